The summed E-state index contributed by atoms with van der Waals surface area (Å²) < 4.78 is 5.53. The molecule has 266 valence electrons. The summed E-state index contributed by atoms with van der Waals surface area (Å²) in [5, 5.41) is 0. The number of hydrogen-bond donors (Lipinski definition) is 0. The molecule has 0 N–H and O–H groups in total. The van der Waals surface area contributed by atoms with Crippen molar-refractivity contribution in [3.63, 3.8) is 0 Å². The second-order valence-electron chi connectivity index (χ2n) is 17.1. The van der Waals surface area contributed by atoms with Gasteiger partial charge in [0.15, 0.2) is 0 Å². The Morgan fingerprint density at radius 1 is 0.745 bits per heavy atom. The van der Waals surface area contributed by atoms with Crippen LogP contribution in [-0.4, -0.2) is 5.97 Å². The van der Waals surface area contributed by atoms with Crippen molar-refractivity contribution in [2.24, 2.45) is 46.3 Å². The summed E-state index contributed by atoms with van der Waals surface area (Å²) in [4.78, 5) is 12.3. The van der Waals surface area contributed by atoms with Gasteiger partial charge in [0.25, 0.3) is 0 Å². The van der Waals surface area contributed by atoms with Crippen LogP contribution in [0.25, 0.3) is 0 Å². The molecule has 1 unspecified atom stereocenters. The lowest BCUT2D eigenvalue weighted by atomic mass is 9.44. The Morgan fingerprint density at radius 2 is 1.45 bits per heavy atom. The molecule has 4 fully saturated rings. The van der Waals surface area contributed by atoms with Crippen molar-refractivity contribution >= 4 is 5.97 Å². The van der Waals surface area contributed by atoms with Crippen LogP contribution in [0.4, 0.5) is 0 Å². The maximum atomic E-state index is 12.3. The van der Waals surface area contributed by atoms with Gasteiger partial charge in [-0.05, 0) is 168 Å². The smallest absolute Gasteiger partial charge is 0.310 e. The number of ether oxygens (including phenoxy) is 1. The first-order chi connectivity index (χ1) is 22.8. The van der Waals surface area contributed by atoms with E-state index in [2.05, 4.69) is 71.1 Å². The second kappa shape index (κ2) is 19.6. The van der Waals surface area contributed by atoms with Gasteiger partial charge in [-0.2, -0.15) is 0 Å². The van der Waals surface area contributed by atoms with E-state index in [4.69, 9.17) is 4.74 Å². The maximum absolute atomic E-state index is 12.3. The van der Waals surface area contributed by atoms with Crippen molar-refractivity contribution < 1.29 is 9.53 Å². The lowest BCUT2D eigenvalue weighted by molar-refractivity contribution is -0.138. The van der Waals surface area contributed by atoms with E-state index < -0.39 is 0 Å². The maximum Gasteiger partial charge on any atom is 0.310 e. The molecule has 0 amide bonds. The van der Waals surface area contributed by atoms with Gasteiger partial charge in [-0.3, -0.25) is 4.79 Å². The quantitative estimate of drug-likeness (QED) is 0.0604. The van der Waals surface area contributed by atoms with Crippen molar-refractivity contribution in [1.29, 1.82) is 0 Å². The molecule has 0 radical (unpaired) electrons. The van der Waals surface area contributed by atoms with Crippen molar-refractivity contribution in [3.05, 3.63) is 48.3 Å². The Balaban J connectivity index is 1.06. The van der Waals surface area contributed by atoms with E-state index in [1.807, 2.05) is 0 Å². The van der Waals surface area contributed by atoms with Crippen molar-refractivity contribution in [2.45, 2.75) is 182 Å². The number of unbranched alkanes of at least 4 members (excludes halogenated alkanes) is 5. The summed E-state index contributed by atoms with van der Waals surface area (Å²) in [5.74, 6) is 5.63. The predicted molar refractivity (Wildman–Crippen MR) is 202 cm³/mol. The van der Waals surface area contributed by atoms with E-state index in [0.717, 1.165) is 74.0 Å². The summed E-state index contributed by atoms with van der Waals surface area (Å²) in [6, 6.07) is 0. The van der Waals surface area contributed by atoms with Gasteiger partial charge in [0.1, 0.15) is 0 Å². The van der Waals surface area contributed by atoms with Gasteiger partial charge in [0.2, 0.25) is 0 Å². The molecule has 0 aliphatic heterocycles. The van der Waals surface area contributed by atoms with E-state index in [1.165, 1.54) is 108 Å². The molecule has 4 aliphatic carbocycles. The molecule has 8 atom stereocenters. The minimum absolute atomic E-state index is 0.0796. The van der Waals surface area contributed by atoms with Crippen LogP contribution in [0.2, 0.25) is 0 Å². The fraction of sp³-hybridized carbons (Fsp3) is 0.800. The van der Waals surface area contributed by atoms with E-state index in [-0.39, 0.29) is 5.97 Å². The van der Waals surface area contributed by atoms with E-state index in [1.54, 1.807) is 6.26 Å². The third kappa shape index (κ3) is 10.7. The Kier molecular flexibility index (Phi) is 15.9. The van der Waals surface area contributed by atoms with E-state index >= 15 is 0 Å². The summed E-state index contributed by atoms with van der Waals surface area (Å²) in [6.07, 6.45) is 44.6. The van der Waals surface area contributed by atoms with Crippen molar-refractivity contribution in [2.75, 3.05) is 0 Å². The average molecular weight is 647 g/mol. The number of rotatable bonds is 19. The molecule has 0 aromatic rings. The lowest BCUT2D eigenvalue weighted by Gasteiger charge is -2.61. The Hall–Kier alpha value is -1.57. The zero-order valence-electron chi connectivity index (χ0n) is 31.6. The number of allylic oxidation sites excluding steroid dienone is 7. The second-order valence-corrected chi connectivity index (χ2v) is 17.1. The molecule has 4 saturated carbocycles. The summed E-state index contributed by atoms with van der Waals surface area (Å²) in [5.41, 5.74) is 2.43. The third-order valence-electron chi connectivity index (χ3n) is 14.0. The van der Waals surface area contributed by atoms with Gasteiger partial charge in [-0.15, -0.1) is 0 Å². The number of esters is 1. The zero-order chi connectivity index (χ0) is 33.5. The highest BCUT2D eigenvalue weighted by Crippen LogP contribution is 2.68. The molecule has 0 spiro atoms. The highest BCUT2D eigenvalue weighted by Gasteiger charge is 2.60. The molecule has 4 aliphatic rings. The first-order valence-corrected chi connectivity index (χ1v) is 20.6. The largest absolute Gasteiger partial charge is 0.435 e. The number of hydrogen-bond acceptors (Lipinski definition) is 2. The summed E-state index contributed by atoms with van der Waals surface area (Å²) >= 11 is 0. The van der Waals surface area contributed by atoms with Crippen LogP contribution in [0.15, 0.2) is 48.3 Å². The molecule has 0 saturated heterocycles. The standard InChI is InChI=1S/C45H74O2/c1-6-7-8-9-10-11-12-13-14-15-16-17-18-19-20-27-43(46)47-35-36(2)24-23-25-37(3)40-30-31-41-39-29-28-38-26-21-22-33-44(38,4)42(39)32-34-45(40,41)5/h10-11,13-14,16-17,35,37-42H,6-9,12,15,18-34H2,1-5H3/b11-10-,14-13-,17-16-,36-35?/t37-,38?,39+,40-,41+,42+,44+,45-/m1/s1. The normalized spacial score (nSPS) is 33.3. The average Bonchev–Trinajstić information content (AvgIpc) is 3.42. The topological polar surface area (TPSA) is 26.3 Å². The van der Waals surface area contributed by atoms with Crippen LogP contribution in [0.3, 0.4) is 0 Å². The van der Waals surface area contributed by atoms with Crippen LogP contribution in [-0.2, 0) is 9.53 Å². The fourth-order valence-corrected chi connectivity index (χ4v) is 11.3. The predicted octanol–water partition coefficient (Wildman–Crippen LogP) is 13.9. The molecular formula is C45H74O2. The zero-order valence-corrected chi connectivity index (χ0v) is 31.6. The molecular weight excluding hydrogens is 572 g/mol. The number of carbonyl (C=O) groups is 1. The molecule has 0 aromatic heterocycles. The molecule has 47 heavy (non-hydrogen) atoms. The molecule has 0 bridgehead atoms. The molecule has 4 rings (SSSR count). The third-order valence-corrected chi connectivity index (χ3v) is 14.0. The first-order valence-electron chi connectivity index (χ1n) is 20.6. The van der Waals surface area contributed by atoms with Crippen LogP contribution in [0, 0.1) is 46.3 Å². The highest BCUT2D eigenvalue weighted by molar-refractivity contribution is 5.69. The lowest BCUT2D eigenvalue weighted by Crippen LogP contribution is -2.53. The Labute approximate surface area is 291 Å². The Morgan fingerprint density at radius 3 is 2.19 bits per heavy atom. The van der Waals surface area contributed by atoms with Crippen LogP contribution in [0.1, 0.15) is 182 Å². The SMILES string of the molecule is CCCCC/C=C\C/C=C\C/C=C\CCCCC(=O)OC=C(C)CCC[C@@H](C)[C@H]1CC[C@H]2[C@@H]3CCC4CCCC[C@]4(C)[C@H]3CC[C@]12C. The van der Waals surface area contributed by atoms with Crippen molar-refractivity contribution in [1.82, 2.24) is 0 Å². The minimum atomic E-state index is -0.0796. The Bertz CT molecular complexity index is 1050. The van der Waals surface area contributed by atoms with Gasteiger partial charge < -0.3 is 4.74 Å². The van der Waals surface area contributed by atoms with Gasteiger partial charge in [0.05, 0.1) is 6.26 Å². The summed E-state index contributed by atoms with van der Waals surface area (Å²) in [6.45, 7) is 12.4. The molecule has 0 heterocycles. The van der Waals surface area contributed by atoms with Crippen LogP contribution in [0.5, 0.6) is 0 Å². The van der Waals surface area contributed by atoms with Crippen LogP contribution < -0.4 is 0 Å². The minimum Gasteiger partial charge on any atom is -0.435 e. The molecule has 2 heteroatoms. The summed E-state index contributed by atoms with van der Waals surface area (Å²) in [7, 11) is 0. The van der Waals surface area contributed by atoms with Crippen molar-refractivity contribution in [3.8, 4) is 0 Å². The fourth-order valence-electron chi connectivity index (χ4n) is 11.3. The van der Waals surface area contributed by atoms with Gasteiger partial charge >= 0.3 is 5.97 Å². The van der Waals surface area contributed by atoms with Gasteiger partial charge in [-0.25, -0.2) is 0 Å². The monoisotopic (exact) mass is 647 g/mol. The first kappa shape index (κ1) is 38.2. The van der Waals surface area contributed by atoms with E-state index in [9.17, 15) is 4.79 Å². The van der Waals surface area contributed by atoms with Gasteiger partial charge in [-0.1, -0.05) is 96.3 Å². The molecule has 0 aromatic carbocycles. The van der Waals surface area contributed by atoms with E-state index in [0.29, 0.717) is 17.3 Å². The molecule has 2 nitrogen and oxygen atoms in total. The van der Waals surface area contributed by atoms with Gasteiger partial charge in [0, 0.05) is 6.42 Å². The number of fused-ring (bicyclic) bond motifs is 5. The van der Waals surface area contributed by atoms with Crippen LogP contribution >= 0.6 is 0 Å². The highest BCUT2D eigenvalue weighted by atomic mass is 16.5. The number of carbonyl (C=O) groups excluding carboxylic acids is 1.